The van der Waals surface area contributed by atoms with E-state index in [-0.39, 0.29) is 24.4 Å². The Labute approximate surface area is 138 Å². The van der Waals surface area contributed by atoms with Crippen molar-refractivity contribution in [3.63, 3.8) is 0 Å². The number of thioether (sulfide) groups is 1. The van der Waals surface area contributed by atoms with Crippen molar-refractivity contribution in [3.8, 4) is 0 Å². The zero-order valence-electron chi connectivity index (χ0n) is 13.0. The van der Waals surface area contributed by atoms with E-state index in [1.165, 1.54) is 12.8 Å². The summed E-state index contributed by atoms with van der Waals surface area (Å²) >= 11 is 1.72. The third kappa shape index (κ3) is 5.97. The zero-order valence-corrected chi connectivity index (χ0v) is 14.6. The molecule has 0 spiro atoms. The number of rotatable bonds is 5. The summed E-state index contributed by atoms with van der Waals surface area (Å²) in [5.74, 6) is 2.47. The summed E-state index contributed by atoms with van der Waals surface area (Å²) in [5, 5.41) is 0. The molecule has 6 heteroatoms. The molecule has 2 aliphatic heterocycles. The molecule has 0 saturated carbocycles. The highest BCUT2D eigenvalue weighted by Crippen LogP contribution is 2.23. The number of amides is 1. The monoisotopic (exact) mass is 336 g/mol. The number of nitrogens with zero attached hydrogens (tertiary/aromatic N) is 1. The second-order valence-electron chi connectivity index (χ2n) is 6.11. The number of hydrogen-bond acceptors (Lipinski definition) is 4. The Hall–Kier alpha value is 0.0300. The quantitative estimate of drug-likeness (QED) is 0.837. The van der Waals surface area contributed by atoms with Crippen LogP contribution in [0.25, 0.3) is 0 Å². The second kappa shape index (κ2) is 9.93. The van der Waals surface area contributed by atoms with Crippen LogP contribution >= 0.6 is 24.2 Å². The van der Waals surface area contributed by atoms with Gasteiger partial charge >= 0.3 is 0 Å². The lowest BCUT2D eigenvalue weighted by atomic mass is 9.92. The molecule has 3 atom stereocenters. The van der Waals surface area contributed by atoms with Crippen LogP contribution in [-0.4, -0.2) is 54.2 Å². The SMILES string of the molecule is CC1CCN(C(=O)CSCC2CCCCO2)C(CN)C1.Cl. The third-order valence-electron chi connectivity index (χ3n) is 4.37. The molecule has 0 aromatic rings. The first kappa shape index (κ1) is 19.1. The maximum absolute atomic E-state index is 12.3. The summed E-state index contributed by atoms with van der Waals surface area (Å²) in [6.45, 7) is 4.60. The molecule has 3 unspecified atom stereocenters. The molecule has 2 heterocycles. The molecular weight excluding hydrogens is 308 g/mol. The smallest absolute Gasteiger partial charge is 0.232 e. The number of nitrogens with two attached hydrogens (primary N) is 1. The largest absolute Gasteiger partial charge is 0.377 e. The highest BCUT2D eigenvalue weighted by Gasteiger charge is 2.28. The minimum absolute atomic E-state index is 0. The molecule has 2 fully saturated rings. The van der Waals surface area contributed by atoms with Gasteiger partial charge in [0.1, 0.15) is 0 Å². The predicted molar refractivity (Wildman–Crippen MR) is 91.1 cm³/mol. The van der Waals surface area contributed by atoms with Crippen molar-refractivity contribution >= 4 is 30.1 Å². The van der Waals surface area contributed by atoms with Crippen LogP contribution in [0.2, 0.25) is 0 Å². The number of halogens is 1. The van der Waals surface area contributed by atoms with Gasteiger partial charge in [-0.05, 0) is 38.0 Å². The van der Waals surface area contributed by atoms with Gasteiger partial charge in [0.05, 0.1) is 11.9 Å². The summed E-state index contributed by atoms with van der Waals surface area (Å²) in [4.78, 5) is 14.3. The number of hydrogen-bond donors (Lipinski definition) is 1. The van der Waals surface area contributed by atoms with Crippen molar-refractivity contribution in [1.29, 1.82) is 0 Å². The van der Waals surface area contributed by atoms with Gasteiger partial charge in [-0.15, -0.1) is 24.2 Å². The topological polar surface area (TPSA) is 55.6 Å². The Morgan fingerprint density at radius 3 is 2.86 bits per heavy atom. The fraction of sp³-hybridized carbons (Fsp3) is 0.933. The van der Waals surface area contributed by atoms with Crippen molar-refractivity contribution in [1.82, 2.24) is 4.90 Å². The maximum atomic E-state index is 12.3. The van der Waals surface area contributed by atoms with E-state index in [1.54, 1.807) is 11.8 Å². The molecule has 0 aromatic carbocycles. The van der Waals surface area contributed by atoms with Gasteiger partial charge in [0.15, 0.2) is 0 Å². The Balaban J connectivity index is 0.00000220. The van der Waals surface area contributed by atoms with Crippen molar-refractivity contribution in [3.05, 3.63) is 0 Å². The van der Waals surface area contributed by atoms with Crippen LogP contribution in [0.5, 0.6) is 0 Å². The van der Waals surface area contributed by atoms with E-state index in [1.807, 2.05) is 4.90 Å². The molecule has 4 nitrogen and oxygen atoms in total. The van der Waals surface area contributed by atoms with E-state index in [0.717, 1.165) is 38.2 Å². The van der Waals surface area contributed by atoms with E-state index in [2.05, 4.69) is 6.92 Å². The molecule has 0 radical (unpaired) electrons. The third-order valence-corrected chi connectivity index (χ3v) is 5.43. The molecule has 2 N–H and O–H groups in total. The molecule has 2 rings (SSSR count). The van der Waals surface area contributed by atoms with Crippen LogP contribution in [0.1, 0.15) is 39.0 Å². The number of likely N-dealkylation sites (tertiary alicyclic amines) is 1. The van der Waals surface area contributed by atoms with Crippen LogP contribution in [0, 0.1) is 5.92 Å². The van der Waals surface area contributed by atoms with Gasteiger partial charge in [0.25, 0.3) is 0 Å². The first-order valence-electron chi connectivity index (χ1n) is 7.89. The Morgan fingerprint density at radius 1 is 1.38 bits per heavy atom. The Bertz CT molecular complexity index is 314. The lowest BCUT2D eigenvalue weighted by Gasteiger charge is -2.38. The molecule has 2 aliphatic rings. The fourth-order valence-electron chi connectivity index (χ4n) is 3.10. The second-order valence-corrected chi connectivity index (χ2v) is 7.14. The molecule has 0 bridgehead atoms. The van der Waals surface area contributed by atoms with Crippen LogP contribution in [-0.2, 0) is 9.53 Å². The number of carbonyl (C=O) groups excluding carboxylic acids is 1. The molecule has 0 aromatic heterocycles. The molecule has 124 valence electrons. The Morgan fingerprint density at radius 2 is 2.19 bits per heavy atom. The highest BCUT2D eigenvalue weighted by molar-refractivity contribution is 7.99. The van der Waals surface area contributed by atoms with E-state index in [4.69, 9.17) is 10.5 Å². The average Bonchev–Trinajstić information content (AvgIpc) is 2.48. The standard InChI is InChI=1S/C15H28N2O2S.ClH/c1-12-5-6-17(13(8-12)9-16)15(18)11-20-10-14-4-2-3-7-19-14;/h12-14H,2-11,16H2,1H3;1H. The van der Waals surface area contributed by atoms with Crippen molar-refractivity contribution in [2.24, 2.45) is 11.7 Å². The van der Waals surface area contributed by atoms with Crippen molar-refractivity contribution < 1.29 is 9.53 Å². The molecule has 1 amide bonds. The first-order valence-corrected chi connectivity index (χ1v) is 9.05. The molecule has 0 aliphatic carbocycles. The van der Waals surface area contributed by atoms with Crippen LogP contribution in [0.3, 0.4) is 0 Å². The van der Waals surface area contributed by atoms with Crippen LogP contribution in [0.4, 0.5) is 0 Å². The van der Waals surface area contributed by atoms with Crippen LogP contribution in [0.15, 0.2) is 0 Å². The van der Waals surface area contributed by atoms with Gasteiger partial charge < -0.3 is 15.4 Å². The van der Waals surface area contributed by atoms with Gasteiger partial charge in [-0.2, -0.15) is 0 Å². The maximum Gasteiger partial charge on any atom is 0.232 e. The fourth-order valence-corrected chi connectivity index (χ4v) is 4.09. The minimum atomic E-state index is 0. The van der Waals surface area contributed by atoms with E-state index >= 15 is 0 Å². The summed E-state index contributed by atoms with van der Waals surface area (Å²) in [6.07, 6.45) is 6.11. The van der Waals surface area contributed by atoms with E-state index in [9.17, 15) is 4.79 Å². The Kier molecular flexibility index (Phi) is 9.02. The first-order chi connectivity index (χ1) is 9.70. The number of piperidine rings is 1. The normalized spacial score (nSPS) is 29.8. The zero-order chi connectivity index (χ0) is 14.4. The van der Waals surface area contributed by atoms with Gasteiger partial charge in [-0.1, -0.05) is 6.92 Å². The summed E-state index contributed by atoms with van der Waals surface area (Å²) in [6, 6.07) is 0.248. The van der Waals surface area contributed by atoms with Crippen molar-refractivity contribution in [2.75, 3.05) is 31.2 Å². The average molecular weight is 337 g/mol. The lowest BCUT2D eigenvalue weighted by Crippen LogP contribution is -2.50. The molecule has 21 heavy (non-hydrogen) atoms. The van der Waals surface area contributed by atoms with Gasteiger partial charge in [0.2, 0.25) is 5.91 Å². The predicted octanol–water partition coefficient (Wildman–Crippen LogP) is 2.30. The summed E-state index contributed by atoms with van der Waals surface area (Å²) < 4.78 is 5.70. The summed E-state index contributed by atoms with van der Waals surface area (Å²) in [5.41, 5.74) is 5.82. The van der Waals surface area contributed by atoms with Gasteiger partial charge in [-0.25, -0.2) is 0 Å². The van der Waals surface area contributed by atoms with Gasteiger partial charge in [-0.3, -0.25) is 4.79 Å². The van der Waals surface area contributed by atoms with Crippen molar-refractivity contribution in [2.45, 2.75) is 51.2 Å². The van der Waals surface area contributed by atoms with Gasteiger partial charge in [0, 0.05) is 31.5 Å². The lowest BCUT2D eigenvalue weighted by molar-refractivity contribution is -0.132. The van der Waals surface area contributed by atoms with Crippen LogP contribution < -0.4 is 5.73 Å². The minimum Gasteiger partial charge on any atom is -0.377 e. The molecule has 2 saturated heterocycles. The summed E-state index contributed by atoms with van der Waals surface area (Å²) in [7, 11) is 0. The highest BCUT2D eigenvalue weighted by atomic mass is 35.5. The number of carbonyl (C=O) groups is 1. The van der Waals surface area contributed by atoms with E-state index in [0.29, 0.717) is 24.3 Å². The van der Waals surface area contributed by atoms with E-state index < -0.39 is 0 Å². The number of ether oxygens (including phenoxy) is 1. The molecular formula is C15H29ClN2O2S.